The quantitative estimate of drug-likeness (QED) is 0.537. The summed E-state index contributed by atoms with van der Waals surface area (Å²) in [4.78, 5) is 15.0. The Hall–Kier alpha value is -1.23. The molecule has 0 fully saturated rings. The predicted octanol–water partition coefficient (Wildman–Crippen LogP) is 4.31. The summed E-state index contributed by atoms with van der Waals surface area (Å²) in [6, 6.07) is 3.76. The number of rotatable bonds is 1. The Morgan fingerprint density at radius 2 is 1.96 bits per heavy atom. The van der Waals surface area contributed by atoms with Crippen molar-refractivity contribution in [1.82, 2.24) is 5.32 Å². The number of benzene rings is 1. The fraction of sp³-hybridized carbons (Fsp3) is 0.429. The number of carbonyl (C=O) groups is 1. The molecule has 0 spiro atoms. The van der Waals surface area contributed by atoms with Gasteiger partial charge in [-0.3, -0.25) is 19.4 Å². The number of hydrogen-bond donors (Lipinski definition) is 4. The largest absolute Gasteiger partial charge is 0.465 e. The van der Waals surface area contributed by atoms with Crippen LogP contribution in [-0.2, 0) is 5.54 Å². The van der Waals surface area contributed by atoms with E-state index in [4.69, 9.17) is 5.11 Å². The van der Waals surface area contributed by atoms with Crippen LogP contribution in [0.25, 0.3) is 0 Å². The third kappa shape index (κ3) is 2.81. The average molecular weight is 427 g/mol. The summed E-state index contributed by atoms with van der Waals surface area (Å²) in [6.45, 7) is 3.72. The van der Waals surface area contributed by atoms with Crippen molar-refractivity contribution in [1.29, 1.82) is 0 Å². The van der Waals surface area contributed by atoms with Gasteiger partial charge >= 0.3 is 6.09 Å². The number of nitrogens with zero attached hydrogens (tertiary/aromatic N) is 1. The van der Waals surface area contributed by atoms with Crippen LogP contribution in [0.4, 0.5) is 13.6 Å². The van der Waals surface area contributed by atoms with Gasteiger partial charge in [-0.05, 0) is 39.0 Å². The maximum absolute atomic E-state index is 15.1. The van der Waals surface area contributed by atoms with Crippen molar-refractivity contribution < 1.29 is 27.8 Å². The van der Waals surface area contributed by atoms with Crippen LogP contribution in [0.2, 0.25) is 0 Å². The molecule has 0 bridgehead atoms. The molecule has 1 aliphatic rings. The van der Waals surface area contributed by atoms with E-state index in [1.807, 2.05) is 5.32 Å². The predicted molar refractivity (Wildman–Crippen MR) is 91.9 cm³/mol. The summed E-state index contributed by atoms with van der Waals surface area (Å²) in [5.74, 6) is -1.14. The fourth-order valence-electron chi connectivity index (χ4n) is 2.49. The van der Waals surface area contributed by atoms with Gasteiger partial charge in [0, 0.05) is 10.0 Å². The molecule has 1 aromatic rings. The normalized spacial score (nSPS) is 29.5. The summed E-state index contributed by atoms with van der Waals surface area (Å²) < 4.78 is 49.0. The second-order valence-electron chi connectivity index (χ2n) is 6.08. The van der Waals surface area contributed by atoms with Crippen LogP contribution in [-0.4, -0.2) is 36.4 Å². The molecule has 0 radical (unpaired) electrons. The van der Waals surface area contributed by atoms with E-state index in [9.17, 15) is 18.3 Å². The number of aliphatic imine (C=N–C) groups is 1. The SMILES string of the molecule is CC1(C)C(NC(=O)O)=N[C@](C)(c2cc(Br)ccc2F)[C@@H](F)S1(O)O. The fourth-order valence-corrected chi connectivity index (χ4v) is 4.57. The Kier molecular flexibility index (Phi) is 4.73. The standard InChI is InChI=1S/C14H17BrF2N2O4S/c1-13(2)11(18-12(20)21)19-14(3,10(17)24(13,22)23)8-6-7(15)4-5-9(8)16/h4-6,10,22-23H,1-3H3,(H,18,19)(H,20,21)/t10-,14+/m0/s1. The molecule has 0 unspecified atom stereocenters. The number of alkyl halides is 1. The first-order valence-electron chi connectivity index (χ1n) is 6.80. The van der Waals surface area contributed by atoms with Gasteiger partial charge in [0.25, 0.3) is 0 Å². The molecule has 0 saturated heterocycles. The third-order valence-electron chi connectivity index (χ3n) is 4.09. The lowest BCUT2D eigenvalue weighted by molar-refractivity contribution is 0.198. The van der Waals surface area contributed by atoms with Gasteiger partial charge in [-0.1, -0.05) is 15.9 Å². The molecule has 1 heterocycles. The van der Waals surface area contributed by atoms with Crippen LogP contribution < -0.4 is 5.32 Å². The van der Waals surface area contributed by atoms with Crippen LogP contribution in [0.1, 0.15) is 26.3 Å². The van der Waals surface area contributed by atoms with Crippen molar-refractivity contribution in [3.8, 4) is 0 Å². The Balaban J connectivity index is 2.76. The molecular weight excluding hydrogens is 410 g/mol. The third-order valence-corrected chi connectivity index (χ3v) is 7.32. The molecule has 0 saturated carbocycles. The van der Waals surface area contributed by atoms with Gasteiger partial charge in [0.15, 0.2) is 0 Å². The molecule has 0 aliphatic carbocycles. The van der Waals surface area contributed by atoms with Gasteiger partial charge in [-0.25, -0.2) is 13.6 Å². The molecule has 24 heavy (non-hydrogen) atoms. The second kappa shape index (κ2) is 5.94. The van der Waals surface area contributed by atoms with Crippen LogP contribution in [0.15, 0.2) is 27.7 Å². The maximum atomic E-state index is 15.1. The summed E-state index contributed by atoms with van der Waals surface area (Å²) in [5.41, 5.74) is -4.56. The van der Waals surface area contributed by atoms with Crippen molar-refractivity contribution in [3.05, 3.63) is 34.1 Å². The van der Waals surface area contributed by atoms with Crippen molar-refractivity contribution in [2.45, 2.75) is 36.6 Å². The minimum atomic E-state index is -4.03. The molecule has 1 amide bonds. The number of hydrogen-bond acceptors (Lipinski definition) is 4. The average Bonchev–Trinajstić information content (AvgIpc) is 2.46. The minimum Gasteiger partial charge on any atom is -0.465 e. The topological polar surface area (TPSA) is 102 Å². The Morgan fingerprint density at radius 1 is 1.38 bits per heavy atom. The van der Waals surface area contributed by atoms with Gasteiger partial charge in [0.1, 0.15) is 21.9 Å². The first kappa shape index (κ1) is 19.1. The van der Waals surface area contributed by atoms with Crippen molar-refractivity contribution in [3.63, 3.8) is 0 Å². The Morgan fingerprint density at radius 3 is 2.50 bits per heavy atom. The Labute approximate surface area is 147 Å². The van der Waals surface area contributed by atoms with Gasteiger partial charge in [-0.2, -0.15) is 10.6 Å². The molecule has 1 aromatic carbocycles. The highest BCUT2D eigenvalue weighted by molar-refractivity contribution is 9.10. The second-order valence-corrected chi connectivity index (χ2v) is 9.62. The van der Waals surface area contributed by atoms with Crippen molar-refractivity contribution in [2.24, 2.45) is 4.99 Å². The van der Waals surface area contributed by atoms with E-state index in [0.29, 0.717) is 4.47 Å². The first-order valence-corrected chi connectivity index (χ1v) is 9.21. The summed E-state index contributed by atoms with van der Waals surface area (Å²) in [7, 11) is -4.03. The highest BCUT2D eigenvalue weighted by Gasteiger charge is 2.58. The number of carboxylic acid groups (broad SMARTS) is 1. The van der Waals surface area contributed by atoms with E-state index in [0.717, 1.165) is 6.07 Å². The van der Waals surface area contributed by atoms with E-state index in [1.165, 1.54) is 32.9 Å². The lowest BCUT2D eigenvalue weighted by atomic mass is 9.92. The monoisotopic (exact) mass is 426 g/mol. The summed E-state index contributed by atoms with van der Waals surface area (Å²) in [6.07, 6.45) is -1.49. The van der Waals surface area contributed by atoms with Crippen molar-refractivity contribution >= 4 is 38.4 Å². The molecule has 1 aliphatic heterocycles. The maximum Gasteiger partial charge on any atom is 0.410 e. The zero-order chi connectivity index (χ0) is 18.5. The van der Waals surface area contributed by atoms with Gasteiger partial charge in [0.05, 0.1) is 0 Å². The number of nitrogens with one attached hydrogen (secondary N) is 1. The van der Waals surface area contributed by atoms with E-state index in [2.05, 4.69) is 20.9 Å². The van der Waals surface area contributed by atoms with Crippen LogP contribution in [0, 0.1) is 5.82 Å². The zero-order valence-corrected chi connectivity index (χ0v) is 15.5. The molecule has 2 atom stereocenters. The minimum absolute atomic E-state index is 0.218. The smallest absolute Gasteiger partial charge is 0.410 e. The number of halogens is 3. The van der Waals surface area contributed by atoms with Crippen LogP contribution >= 0.6 is 26.5 Å². The molecule has 2 rings (SSSR count). The van der Waals surface area contributed by atoms with Gasteiger partial charge < -0.3 is 5.11 Å². The molecule has 134 valence electrons. The first-order chi connectivity index (χ1) is 10.8. The van der Waals surface area contributed by atoms with Crippen molar-refractivity contribution in [2.75, 3.05) is 0 Å². The molecular formula is C14H17BrF2N2O4S. The van der Waals surface area contributed by atoms with E-state index < -0.39 is 38.3 Å². The molecule has 0 aromatic heterocycles. The number of amidine groups is 1. The lowest BCUT2D eigenvalue weighted by Crippen LogP contribution is -2.57. The van der Waals surface area contributed by atoms with E-state index >= 15 is 4.39 Å². The highest BCUT2D eigenvalue weighted by atomic mass is 79.9. The highest BCUT2D eigenvalue weighted by Crippen LogP contribution is 2.65. The van der Waals surface area contributed by atoms with Crippen LogP contribution in [0.3, 0.4) is 0 Å². The molecule has 10 heteroatoms. The van der Waals surface area contributed by atoms with Crippen LogP contribution in [0.5, 0.6) is 0 Å². The van der Waals surface area contributed by atoms with E-state index in [-0.39, 0.29) is 11.4 Å². The van der Waals surface area contributed by atoms with Gasteiger partial charge in [0.2, 0.25) is 5.50 Å². The van der Waals surface area contributed by atoms with Gasteiger partial charge in [-0.15, -0.1) is 0 Å². The zero-order valence-electron chi connectivity index (χ0n) is 13.0. The Bertz CT molecular complexity index is 729. The molecule has 6 nitrogen and oxygen atoms in total. The summed E-state index contributed by atoms with van der Waals surface area (Å²) in [5, 5.41) is 10.9. The van der Waals surface area contributed by atoms with E-state index in [1.54, 1.807) is 0 Å². The summed E-state index contributed by atoms with van der Waals surface area (Å²) >= 11 is 3.15. The molecule has 4 N–H and O–H groups in total. The number of amides is 1. The lowest BCUT2D eigenvalue weighted by Gasteiger charge is -2.55.